The maximum atomic E-state index is 12.3. The van der Waals surface area contributed by atoms with E-state index in [1.54, 1.807) is 42.5 Å². The maximum absolute atomic E-state index is 12.3. The van der Waals surface area contributed by atoms with Crippen LogP contribution in [0.4, 0.5) is 5.69 Å². The summed E-state index contributed by atoms with van der Waals surface area (Å²) in [5.74, 6) is -1.05. The molecule has 0 unspecified atom stereocenters. The van der Waals surface area contributed by atoms with E-state index in [2.05, 4.69) is 5.32 Å². The van der Waals surface area contributed by atoms with E-state index in [4.69, 9.17) is 16.0 Å². The molecule has 0 fully saturated rings. The Hall–Kier alpha value is -3.82. The van der Waals surface area contributed by atoms with Crippen LogP contribution >= 0.6 is 11.6 Å². The van der Waals surface area contributed by atoms with Crippen molar-refractivity contribution in [1.82, 2.24) is 0 Å². The number of benzene rings is 2. The molecular formula is C21H13ClN2O4. The molecule has 28 heavy (non-hydrogen) atoms. The Morgan fingerprint density at radius 1 is 1.11 bits per heavy atom. The van der Waals surface area contributed by atoms with E-state index >= 15 is 0 Å². The van der Waals surface area contributed by atoms with Gasteiger partial charge in [-0.05, 0) is 42.5 Å². The summed E-state index contributed by atoms with van der Waals surface area (Å²) in [5, 5.41) is 21.2. The number of nitriles is 1. The van der Waals surface area contributed by atoms with E-state index in [1.807, 2.05) is 12.1 Å². The number of carboxylic acid groups (broad SMARTS) is 1. The normalized spacial score (nSPS) is 10.9. The average Bonchev–Trinajstić information content (AvgIpc) is 3.15. The molecule has 1 heterocycles. The van der Waals surface area contributed by atoms with Crippen molar-refractivity contribution in [2.45, 2.75) is 0 Å². The zero-order valence-corrected chi connectivity index (χ0v) is 15.1. The van der Waals surface area contributed by atoms with Crippen LogP contribution in [0.15, 0.2) is 70.7 Å². The number of halogens is 1. The molecule has 6 nitrogen and oxygen atoms in total. The summed E-state index contributed by atoms with van der Waals surface area (Å²) in [6.07, 6.45) is 1.32. The van der Waals surface area contributed by atoms with Gasteiger partial charge >= 0.3 is 5.97 Å². The number of rotatable bonds is 5. The Morgan fingerprint density at radius 2 is 1.86 bits per heavy atom. The molecule has 2 aromatic carbocycles. The summed E-state index contributed by atoms with van der Waals surface area (Å²) in [4.78, 5) is 23.5. The van der Waals surface area contributed by atoms with Gasteiger partial charge in [0.2, 0.25) is 0 Å². The van der Waals surface area contributed by atoms with Crippen molar-refractivity contribution in [3.05, 3.63) is 82.6 Å². The number of carbonyl (C=O) groups is 2. The Balaban J connectivity index is 1.84. The van der Waals surface area contributed by atoms with Crippen LogP contribution in [0.3, 0.4) is 0 Å². The van der Waals surface area contributed by atoms with Crippen molar-refractivity contribution in [3.8, 4) is 17.4 Å². The molecule has 2 N–H and O–H groups in total. The summed E-state index contributed by atoms with van der Waals surface area (Å²) in [7, 11) is 0. The van der Waals surface area contributed by atoms with Gasteiger partial charge in [-0.25, -0.2) is 4.79 Å². The van der Waals surface area contributed by atoms with Gasteiger partial charge in [0.25, 0.3) is 5.91 Å². The number of para-hydroxylation sites is 1. The first-order valence-electron chi connectivity index (χ1n) is 8.09. The van der Waals surface area contributed by atoms with Gasteiger partial charge in [0, 0.05) is 17.3 Å². The number of carbonyl (C=O) groups excluding carboxylic acids is 1. The molecular weight excluding hydrogens is 380 g/mol. The van der Waals surface area contributed by atoms with Gasteiger partial charge in [-0.1, -0.05) is 29.8 Å². The van der Waals surface area contributed by atoms with Crippen LogP contribution < -0.4 is 5.32 Å². The number of nitrogens with zero attached hydrogens (tertiary/aromatic N) is 1. The largest absolute Gasteiger partial charge is 0.478 e. The van der Waals surface area contributed by atoms with E-state index < -0.39 is 11.9 Å². The third-order valence-corrected chi connectivity index (χ3v) is 4.12. The van der Waals surface area contributed by atoms with Gasteiger partial charge < -0.3 is 14.8 Å². The van der Waals surface area contributed by atoms with E-state index in [1.165, 1.54) is 18.2 Å². The summed E-state index contributed by atoms with van der Waals surface area (Å²) in [6, 6.07) is 18.3. The van der Waals surface area contributed by atoms with Crippen LogP contribution in [-0.2, 0) is 4.79 Å². The van der Waals surface area contributed by atoms with E-state index in [-0.39, 0.29) is 21.9 Å². The number of hydrogen-bond acceptors (Lipinski definition) is 4. The van der Waals surface area contributed by atoms with Crippen molar-refractivity contribution >= 4 is 35.2 Å². The van der Waals surface area contributed by atoms with Crippen LogP contribution in [0.25, 0.3) is 17.4 Å². The monoisotopic (exact) mass is 392 g/mol. The zero-order valence-electron chi connectivity index (χ0n) is 14.3. The van der Waals surface area contributed by atoms with Crippen molar-refractivity contribution in [1.29, 1.82) is 5.26 Å². The standard InChI is InChI=1S/C21H13ClN2O4/c22-18-8-6-13(11-17(18)21(26)27)19-9-7-16(28-19)10-14(12-23)20(25)24-15-4-2-1-3-5-15/h1-11H,(H,24,25)(H,26,27)/b14-10-. The highest BCUT2D eigenvalue weighted by molar-refractivity contribution is 6.33. The number of aromatic carboxylic acids is 1. The fraction of sp³-hybridized carbons (Fsp3) is 0. The van der Waals surface area contributed by atoms with E-state index in [0.717, 1.165) is 0 Å². The molecule has 0 saturated heterocycles. The highest BCUT2D eigenvalue weighted by Crippen LogP contribution is 2.27. The highest BCUT2D eigenvalue weighted by atomic mass is 35.5. The van der Waals surface area contributed by atoms with Crippen molar-refractivity contribution in [2.24, 2.45) is 0 Å². The van der Waals surface area contributed by atoms with Gasteiger partial charge in [0.15, 0.2) is 0 Å². The molecule has 1 aromatic heterocycles. The lowest BCUT2D eigenvalue weighted by molar-refractivity contribution is -0.112. The van der Waals surface area contributed by atoms with Crippen molar-refractivity contribution in [2.75, 3.05) is 5.32 Å². The summed E-state index contributed by atoms with van der Waals surface area (Å²) < 4.78 is 5.63. The minimum atomic E-state index is -1.15. The molecule has 0 saturated carbocycles. The average molecular weight is 393 g/mol. The first kappa shape index (κ1) is 19.0. The number of hydrogen-bond donors (Lipinski definition) is 2. The minimum absolute atomic E-state index is 0.0485. The molecule has 7 heteroatoms. The second-order valence-electron chi connectivity index (χ2n) is 5.69. The predicted octanol–water partition coefficient (Wildman–Crippen LogP) is 4.84. The Labute approximate surface area is 165 Å². The third kappa shape index (κ3) is 4.29. The molecule has 0 aliphatic rings. The Morgan fingerprint density at radius 3 is 2.54 bits per heavy atom. The molecule has 1 amide bonds. The van der Waals surface area contributed by atoms with Crippen LogP contribution in [0.5, 0.6) is 0 Å². The van der Waals surface area contributed by atoms with Crippen LogP contribution in [0.1, 0.15) is 16.1 Å². The molecule has 3 aromatic rings. The van der Waals surface area contributed by atoms with Crippen LogP contribution in [-0.4, -0.2) is 17.0 Å². The van der Waals surface area contributed by atoms with E-state index in [9.17, 15) is 20.0 Å². The Kier molecular flexibility index (Phi) is 5.58. The molecule has 0 atom stereocenters. The second kappa shape index (κ2) is 8.25. The molecule has 0 aliphatic heterocycles. The summed E-state index contributed by atoms with van der Waals surface area (Å²) in [6.45, 7) is 0. The lowest BCUT2D eigenvalue weighted by atomic mass is 10.1. The quantitative estimate of drug-likeness (QED) is 0.477. The van der Waals surface area contributed by atoms with Gasteiger partial charge in [-0.3, -0.25) is 4.79 Å². The molecule has 0 bridgehead atoms. The number of anilines is 1. The topological polar surface area (TPSA) is 103 Å². The smallest absolute Gasteiger partial charge is 0.337 e. The first-order valence-corrected chi connectivity index (χ1v) is 8.47. The van der Waals surface area contributed by atoms with E-state index in [0.29, 0.717) is 17.0 Å². The van der Waals surface area contributed by atoms with Gasteiger partial charge in [0.1, 0.15) is 23.2 Å². The molecule has 0 aliphatic carbocycles. The number of carboxylic acids is 1. The summed E-state index contributed by atoms with van der Waals surface area (Å²) >= 11 is 5.87. The van der Waals surface area contributed by atoms with Gasteiger partial charge in [0.05, 0.1) is 10.6 Å². The fourth-order valence-corrected chi connectivity index (χ4v) is 2.64. The minimum Gasteiger partial charge on any atom is -0.478 e. The maximum Gasteiger partial charge on any atom is 0.337 e. The second-order valence-corrected chi connectivity index (χ2v) is 6.10. The third-order valence-electron chi connectivity index (χ3n) is 3.79. The van der Waals surface area contributed by atoms with Crippen LogP contribution in [0.2, 0.25) is 5.02 Å². The lowest BCUT2D eigenvalue weighted by Crippen LogP contribution is -2.13. The van der Waals surface area contributed by atoms with Gasteiger partial charge in [-0.15, -0.1) is 0 Å². The lowest BCUT2D eigenvalue weighted by Gasteiger charge is -2.03. The predicted molar refractivity (Wildman–Crippen MR) is 105 cm³/mol. The summed E-state index contributed by atoms with van der Waals surface area (Å²) in [5.41, 5.74) is 0.893. The SMILES string of the molecule is N#C/C(=C/c1ccc(-c2ccc(Cl)c(C(=O)O)c2)o1)C(=O)Nc1ccccc1. The zero-order chi connectivity index (χ0) is 20.1. The Bertz CT molecular complexity index is 1110. The van der Waals surface area contributed by atoms with Crippen LogP contribution in [0, 0.1) is 11.3 Å². The fourth-order valence-electron chi connectivity index (χ4n) is 2.44. The first-order chi connectivity index (χ1) is 13.5. The molecule has 138 valence electrons. The number of nitrogens with one attached hydrogen (secondary N) is 1. The number of furan rings is 1. The highest BCUT2D eigenvalue weighted by Gasteiger charge is 2.14. The molecule has 0 radical (unpaired) electrons. The van der Waals surface area contributed by atoms with Crippen molar-refractivity contribution < 1.29 is 19.1 Å². The van der Waals surface area contributed by atoms with Gasteiger partial charge in [-0.2, -0.15) is 5.26 Å². The number of amides is 1. The molecule has 3 rings (SSSR count). The molecule has 0 spiro atoms. The van der Waals surface area contributed by atoms with Crippen molar-refractivity contribution in [3.63, 3.8) is 0 Å².